The van der Waals surface area contributed by atoms with E-state index in [9.17, 15) is 4.79 Å². The van der Waals surface area contributed by atoms with Crippen molar-refractivity contribution in [3.8, 4) is 11.3 Å². The van der Waals surface area contributed by atoms with Gasteiger partial charge in [-0.25, -0.2) is 0 Å². The quantitative estimate of drug-likeness (QED) is 0.854. The maximum absolute atomic E-state index is 12.1. The van der Waals surface area contributed by atoms with Crippen LogP contribution in [0, 0.1) is 13.8 Å². The zero-order valence-corrected chi connectivity index (χ0v) is 14.6. The summed E-state index contributed by atoms with van der Waals surface area (Å²) in [6.07, 6.45) is 4.03. The number of anilines is 1. The van der Waals surface area contributed by atoms with E-state index in [2.05, 4.69) is 52.5 Å². The Kier molecular flexibility index (Phi) is 5.30. The van der Waals surface area contributed by atoms with E-state index in [-0.39, 0.29) is 5.91 Å². The Morgan fingerprint density at radius 1 is 1.25 bits per heavy atom. The van der Waals surface area contributed by atoms with Crippen LogP contribution in [0.3, 0.4) is 0 Å². The molecule has 0 spiro atoms. The zero-order valence-electron chi connectivity index (χ0n) is 14.6. The number of likely N-dealkylation sites (tertiary alicyclic amines) is 1. The molecule has 0 unspecified atom stereocenters. The number of carbonyl (C=O) groups is 1. The number of rotatable bonds is 6. The Morgan fingerprint density at radius 3 is 2.79 bits per heavy atom. The molecule has 1 amide bonds. The molecule has 0 aliphatic carbocycles. The molecule has 5 nitrogen and oxygen atoms in total. The Labute approximate surface area is 143 Å². The van der Waals surface area contributed by atoms with E-state index in [0.717, 1.165) is 24.2 Å². The summed E-state index contributed by atoms with van der Waals surface area (Å²) >= 11 is 0. The van der Waals surface area contributed by atoms with Crippen LogP contribution >= 0.6 is 0 Å². The summed E-state index contributed by atoms with van der Waals surface area (Å²) in [6, 6.07) is 8.21. The predicted octanol–water partition coefficient (Wildman–Crippen LogP) is 3.51. The SMILES string of the molecule is Cc1ccc(-c2cc(NC(=O)CCCN3CCCC3)n[nH]2)c(C)c1. The van der Waals surface area contributed by atoms with Gasteiger partial charge in [0.2, 0.25) is 5.91 Å². The van der Waals surface area contributed by atoms with Crippen LogP contribution in [0.25, 0.3) is 11.3 Å². The molecule has 128 valence electrons. The molecule has 0 radical (unpaired) electrons. The number of amides is 1. The minimum atomic E-state index is 0.0351. The number of aromatic nitrogens is 2. The van der Waals surface area contributed by atoms with Crippen LogP contribution in [0.4, 0.5) is 5.82 Å². The maximum Gasteiger partial charge on any atom is 0.225 e. The number of hydrogen-bond donors (Lipinski definition) is 2. The van der Waals surface area contributed by atoms with E-state index in [1.807, 2.05) is 6.07 Å². The van der Waals surface area contributed by atoms with E-state index < -0.39 is 0 Å². The first-order valence-electron chi connectivity index (χ1n) is 8.77. The van der Waals surface area contributed by atoms with Crippen LogP contribution in [0.15, 0.2) is 24.3 Å². The fourth-order valence-corrected chi connectivity index (χ4v) is 3.31. The number of hydrogen-bond acceptors (Lipinski definition) is 3. The van der Waals surface area contributed by atoms with Gasteiger partial charge in [0.25, 0.3) is 0 Å². The van der Waals surface area contributed by atoms with Crippen LogP contribution < -0.4 is 5.32 Å². The second-order valence-corrected chi connectivity index (χ2v) is 6.69. The van der Waals surface area contributed by atoms with Gasteiger partial charge in [0.1, 0.15) is 0 Å². The molecule has 1 aliphatic rings. The second kappa shape index (κ2) is 7.62. The summed E-state index contributed by atoms with van der Waals surface area (Å²) in [7, 11) is 0. The second-order valence-electron chi connectivity index (χ2n) is 6.69. The third-order valence-electron chi connectivity index (χ3n) is 4.59. The molecule has 0 bridgehead atoms. The lowest BCUT2D eigenvalue weighted by molar-refractivity contribution is -0.116. The molecule has 0 saturated carbocycles. The van der Waals surface area contributed by atoms with Gasteiger partial charge < -0.3 is 10.2 Å². The number of carbonyl (C=O) groups excluding carboxylic acids is 1. The third-order valence-corrected chi connectivity index (χ3v) is 4.59. The molecule has 3 rings (SSSR count). The lowest BCUT2D eigenvalue weighted by Gasteiger charge is -2.13. The molecule has 2 heterocycles. The van der Waals surface area contributed by atoms with Gasteiger partial charge in [-0.3, -0.25) is 9.89 Å². The van der Waals surface area contributed by atoms with Crippen molar-refractivity contribution in [2.45, 2.75) is 39.5 Å². The molecule has 24 heavy (non-hydrogen) atoms. The summed E-state index contributed by atoms with van der Waals surface area (Å²) in [6.45, 7) is 7.54. The number of nitrogens with zero attached hydrogens (tertiary/aromatic N) is 2. The van der Waals surface area contributed by atoms with Crippen molar-refractivity contribution < 1.29 is 4.79 Å². The summed E-state index contributed by atoms with van der Waals surface area (Å²) < 4.78 is 0. The van der Waals surface area contributed by atoms with Crippen LogP contribution in [-0.4, -0.2) is 40.6 Å². The summed E-state index contributed by atoms with van der Waals surface area (Å²) in [5.41, 5.74) is 4.48. The van der Waals surface area contributed by atoms with Gasteiger partial charge in [-0.1, -0.05) is 23.8 Å². The zero-order chi connectivity index (χ0) is 16.9. The summed E-state index contributed by atoms with van der Waals surface area (Å²) in [5, 5.41) is 10.1. The highest BCUT2D eigenvalue weighted by Gasteiger charge is 2.12. The van der Waals surface area contributed by atoms with Gasteiger partial charge in [0.05, 0.1) is 5.69 Å². The topological polar surface area (TPSA) is 61.0 Å². The fourth-order valence-electron chi connectivity index (χ4n) is 3.31. The molecule has 1 saturated heterocycles. The Hall–Kier alpha value is -2.14. The first-order chi connectivity index (χ1) is 11.6. The van der Waals surface area contributed by atoms with Crippen molar-refractivity contribution in [1.29, 1.82) is 0 Å². The molecule has 2 N–H and O–H groups in total. The highest BCUT2D eigenvalue weighted by Crippen LogP contribution is 2.24. The van der Waals surface area contributed by atoms with E-state index in [0.29, 0.717) is 12.2 Å². The summed E-state index contributed by atoms with van der Waals surface area (Å²) in [5.74, 6) is 0.629. The van der Waals surface area contributed by atoms with Crippen molar-refractivity contribution in [2.75, 3.05) is 25.0 Å². The largest absolute Gasteiger partial charge is 0.309 e. The molecule has 1 aromatic carbocycles. The fraction of sp³-hybridized carbons (Fsp3) is 0.474. The van der Waals surface area contributed by atoms with Crippen molar-refractivity contribution in [3.05, 3.63) is 35.4 Å². The van der Waals surface area contributed by atoms with Gasteiger partial charge in [-0.05, 0) is 58.3 Å². The molecule has 1 fully saturated rings. The third kappa shape index (κ3) is 4.23. The van der Waals surface area contributed by atoms with Crippen molar-refractivity contribution >= 4 is 11.7 Å². The lowest BCUT2D eigenvalue weighted by atomic mass is 10.0. The highest BCUT2D eigenvalue weighted by molar-refractivity contribution is 5.90. The number of aromatic amines is 1. The van der Waals surface area contributed by atoms with Gasteiger partial charge in [-0.15, -0.1) is 0 Å². The number of H-pyrrole nitrogens is 1. The molecule has 1 aromatic heterocycles. The van der Waals surface area contributed by atoms with E-state index in [4.69, 9.17) is 0 Å². The van der Waals surface area contributed by atoms with Crippen molar-refractivity contribution in [1.82, 2.24) is 15.1 Å². The standard InChI is InChI=1S/C19H26N4O/c1-14-7-8-16(15(2)12-14)17-13-18(22-21-17)20-19(24)6-5-11-23-9-3-4-10-23/h7-8,12-13H,3-6,9-11H2,1-2H3,(H2,20,21,22,24). The number of nitrogens with one attached hydrogen (secondary N) is 2. The molecule has 0 atom stereocenters. The van der Waals surface area contributed by atoms with Crippen LogP contribution in [-0.2, 0) is 4.79 Å². The average molecular weight is 326 g/mol. The van der Waals surface area contributed by atoms with Gasteiger partial charge in [0.15, 0.2) is 5.82 Å². The molecular formula is C19H26N4O. The Morgan fingerprint density at radius 2 is 2.04 bits per heavy atom. The minimum absolute atomic E-state index is 0.0351. The minimum Gasteiger partial charge on any atom is -0.309 e. The van der Waals surface area contributed by atoms with E-state index >= 15 is 0 Å². The predicted molar refractivity (Wildman–Crippen MR) is 97.0 cm³/mol. The smallest absolute Gasteiger partial charge is 0.225 e. The van der Waals surface area contributed by atoms with Crippen LogP contribution in [0.2, 0.25) is 0 Å². The van der Waals surface area contributed by atoms with Gasteiger partial charge in [-0.2, -0.15) is 5.10 Å². The number of aryl methyl sites for hydroxylation is 2. The van der Waals surface area contributed by atoms with Crippen molar-refractivity contribution in [2.24, 2.45) is 0 Å². The first-order valence-corrected chi connectivity index (χ1v) is 8.77. The van der Waals surface area contributed by atoms with Gasteiger partial charge >= 0.3 is 0 Å². The van der Waals surface area contributed by atoms with Crippen LogP contribution in [0.1, 0.15) is 36.8 Å². The van der Waals surface area contributed by atoms with E-state index in [1.165, 1.54) is 37.1 Å². The molecule has 2 aromatic rings. The average Bonchev–Trinajstić information content (AvgIpc) is 3.19. The highest BCUT2D eigenvalue weighted by atomic mass is 16.1. The maximum atomic E-state index is 12.1. The molecular weight excluding hydrogens is 300 g/mol. The first kappa shape index (κ1) is 16.7. The lowest BCUT2D eigenvalue weighted by Crippen LogP contribution is -2.22. The normalized spacial score (nSPS) is 14.9. The Bertz CT molecular complexity index is 701. The molecule has 1 aliphatic heterocycles. The Balaban J connectivity index is 1.52. The van der Waals surface area contributed by atoms with Gasteiger partial charge in [0, 0.05) is 18.1 Å². The monoisotopic (exact) mass is 326 g/mol. The molecule has 5 heteroatoms. The van der Waals surface area contributed by atoms with Crippen LogP contribution in [0.5, 0.6) is 0 Å². The number of benzene rings is 1. The van der Waals surface area contributed by atoms with Crippen molar-refractivity contribution in [3.63, 3.8) is 0 Å². The summed E-state index contributed by atoms with van der Waals surface area (Å²) in [4.78, 5) is 14.5. The van der Waals surface area contributed by atoms with E-state index in [1.54, 1.807) is 0 Å².